The minimum Gasteiger partial charge on any atom is -0.211 e. The molecule has 0 amide bonds. The molecule has 0 spiro atoms. The van der Waals surface area contributed by atoms with Crippen molar-refractivity contribution in [2.24, 2.45) is 5.92 Å². The van der Waals surface area contributed by atoms with Crippen molar-refractivity contribution < 1.29 is 21.6 Å². The Labute approximate surface area is 135 Å². The first-order chi connectivity index (χ1) is 9.74. The highest BCUT2D eigenvalue weighted by molar-refractivity contribution is 14.1. The molecule has 1 heterocycles. The summed E-state index contributed by atoms with van der Waals surface area (Å²) in [6.45, 7) is 0.273. The van der Waals surface area contributed by atoms with Crippen molar-refractivity contribution in [3.8, 4) is 0 Å². The number of hydrogen-bond acceptors (Lipinski definition) is 2. The maximum Gasteiger partial charge on any atom is 0.416 e. The van der Waals surface area contributed by atoms with Gasteiger partial charge in [0.15, 0.2) is 0 Å². The zero-order chi connectivity index (χ0) is 15.7. The molecule has 0 aliphatic carbocycles. The van der Waals surface area contributed by atoms with Gasteiger partial charge in [0, 0.05) is 6.54 Å². The molecule has 3 nitrogen and oxygen atoms in total. The number of fused-ring (bicyclic) bond motifs is 1. The van der Waals surface area contributed by atoms with E-state index in [0.29, 0.717) is 12.0 Å². The monoisotopic (exact) mass is 433 g/mol. The van der Waals surface area contributed by atoms with Crippen molar-refractivity contribution in [2.75, 3.05) is 11.0 Å². The quantitative estimate of drug-likeness (QED) is 0.587. The minimum atomic E-state index is -4.54. The fourth-order valence-corrected chi connectivity index (χ4v) is 4.24. The third-order valence-corrected chi connectivity index (χ3v) is 5.77. The van der Waals surface area contributed by atoms with Gasteiger partial charge in [0.05, 0.1) is 10.5 Å². The van der Waals surface area contributed by atoms with Gasteiger partial charge in [-0.25, -0.2) is 13.1 Å². The molecular formula is C13H15F3INO2S. The third kappa shape index (κ3) is 4.10. The number of hydrogen-bond donors (Lipinski definition) is 1. The van der Waals surface area contributed by atoms with Gasteiger partial charge in [-0.05, 0) is 47.3 Å². The molecule has 0 aromatic heterocycles. The van der Waals surface area contributed by atoms with Gasteiger partial charge in [0.2, 0.25) is 10.0 Å². The zero-order valence-electron chi connectivity index (χ0n) is 11.1. The second-order valence-corrected chi connectivity index (χ2v) is 7.89. The summed E-state index contributed by atoms with van der Waals surface area (Å²) in [6, 6.07) is 2.98. The van der Waals surface area contributed by atoms with E-state index in [1.165, 1.54) is 6.07 Å². The second kappa shape index (κ2) is 6.41. The highest BCUT2D eigenvalue weighted by atomic mass is 127. The van der Waals surface area contributed by atoms with Crippen molar-refractivity contribution in [3.63, 3.8) is 0 Å². The Morgan fingerprint density at radius 3 is 2.67 bits per heavy atom. The van der Waals surface area contributed by atoms with Crippen LogP contribution >= 0.6 is 22.6 Å². The van der Waals surface area contributed by atoms with Crippen LogP contribution in [-0.4, -0.2) is 19.4 Å². The molecule has 1 unspecified atom stereocenters. The summed E-state index contributed by atoms with van der Waals surface area (Å²) < 4.78 is 65.8. The van der Waals surface area contributed by atoms with Crippen LogP contribution in [0.5, 0.6) is 0 Å². The molecule has 2 rings (SSSR count). The highest BCUT2D eigenvalue weighted by Crippen LogP contribution is 2.33. The van der Waals surface area contributed by atoms with E-state index in [-0.39, 0.29) is 17.4 Å². The van der Waals surface area contributed by atoms with Gasteiger partial charge in [-0.15, -0.1) is 0 Å². The van der Waals surface area contributed by atoms with E-state index in [2.05, 4.69) is 27.3 Å². The Morgan fingerprint density at radius 2 is 2.05 bits per heavy atom. The standard InChI is InChI=1S/C13H15F3INO2S/c14-13(15,16)11-4-3-10-6-9(2-1-5-17)8-18-21(19,20)12(10)7-11/h3-4,7,9,18H,1-2,5-6,8H2. The topological polar surface area (TPSA) is 46.2 Å². The molecule has 1 aliphatic rings. The van der Waals surface area contributed by atoms with Gasteiger partial charge in [0.1, 0.15) is 0 Å². The maximum absolute atomic E-state index is 12.7. The number of alkyl halides is 4. The Kier molecular flexibility index (Phi) is 5.19. The van der Waals surface area contributed by atoms with Gasteiger partial charge in [-0.2, -0.15) is 13.2 Å². The van der Waals surface area contributed by atoms with E-state index in [0.717, 1.165) is 29.4 Å². The number of halogens is 4. The van der Waals surface area contributed by atoms with Gasteiger partial charge in [-0.1, -0.05) is 28.7 Å². The SMILES string of the molecule is O=S1(=O)NCC(CCCI)Cc2ccc(C(F)(F)F)cc21. The van der Waals surface area contributed by atoms with E-state index < -0.39 is 21.8 Å². The van der Waals surface area contributed by atoms with Crippen LogP contribution in [0, 0.1) is 5.92 Å². The van der Waals surface area contributed by atoms with Crippen LogP contribution in [0.1, 0.15) is 24.0 Å². The van der Waals surface area contributed by atoms with Gasteiger partial charge in [0.25, 0.3) is 0 Å². The predicted molar refractivity (Wildman–Crippen MR) is 81.9 cm³/mol. The molecule has 1 aromatic rings. The first-order valence-electron chi connectivity index (χ1n) is 6.50. The van der Waals surface area contributed by atoms with Gasteiger partial charge < -0.3 is 0 Å². The van der Waals surface area contributed by atoms with Crippen LogP contribution < -0.4 is 4.72 Å². The number of benzene rings is 1. The Morgan fingerprint density at radius 1 is 1.33 bits per heavy atom. The average Bonchev–Trinajstić information content (AvgIpc) is 2.52. The van der Waals surface area contributed by atoms with Crippen LogP contribution in [-0.2, 0) is 22.6 Å². The molecule has 1 aromatic carbocycles. The van der Waals surface area contributed by atoms with E-state index in [1.807, 2.05) is 0 Å². The molecule has 21 heavy (non-hydrogen) atoms. The highest BCUT2D eigenvalue weighted by Gasteiger charge is 2.34. The largest absolute Gasteiger partial charge is 0.416 e. The first kappa shape index (κ1) is 17.0. The van der Waals surface area contributed by atoms with Crippen molar-refractivity contribution in [3.05, 3.63) is 29.3 Å². The maximum atomic E-state index is 12.7. The lowest BCUT2D eigenvalue weighted by Crippen LogP contribution is -2.27. The zero-order valence-corrected chi connectivity index (χ0v) is 14.1. The summed E-state index contributed by atoms with van der Waals surface area (Å²) in [5, 5.41) is 0. The van der Waals surface area contributed by atoms with Crippen molar-refractivity contribution in [2.45, 2.75) is 30.3 Å². The first-order valence-corrected chi connectivity index (χ1v) is 9.50. The fraction of sp³-hybridized carbons (Fsp3) is 0.538. The molecule has 0 bridgehead atoms. The van der Waals surface area contributed by atoms with E-state index in [4.69, 9.17) is 0 Å². The summed E-state index contributed by atoms with van der Waals surface area (Å²) in [7, 11) is -3.87. The van der Waals surface area contributed by atoms with Crippen LogP contribution in [0.2, 0.25) is 0 Å². The second-order valence-electron chi connectivity index (χ2n) is 5.07. The molecule has 0 radical (unpaired) electrons. The summed E-state index contributed by atoms with van der Waals surface area (Å²) in [5.74, 6) is 0.118. The van der Waals surface area contributed by atoms with Crippen LogP contribution in [0.4, 0.5) is 13.2 Å². The lowest BCUT2D eigenvalue weighted by atomic mass is 9.94. The van der Waals surface area contributed by atoms with Crippen LogP contribution in [0.15, 0.2) is 23.1 Å². The molecule has 1 atom stereocenters. The molecule has 1 N–H and O–H groups in total. The van der Waals surface area contributed by atoms with Crippen molar-refractivity contribution in [1.82, 2.24) is 4.72 Å². The Bertz CT molecular complexity index is 616. The van der Waals surface area contributed by atoms with E-state index >= 15 is 0 Å². The summed E-state index contributed by atoms with van der Waals surface area (Å²) >= 11 is 2.25. The molecule has 0 fully saturated rings. The lowest BCUT2D eigenvalue weighted by Gasteiger charge is -2.13. The lowest BCUT2D eigenvalue weighted by molar-refractivity contribution is -0.137. The third-order valence-electron chi connectivity index (χ3n) is 3.50. The molecule has 1 aliphatic heterocycles. The van der Waals surface area contributed by atoms with E-state index in [1.54, 1.807) is 0 Å². The number of rotatable bonds is 3. The predicted octanol–water partition coefficient (Wildman–Crippen LogP) is 3.37. The van der Waals surface area contributed by atoms with Gasteiger partial charge in [-0.3, -0.25) is 0 Å². The molecule has 0 saturated heterocycles. The molecule has 0 saturated carbocycles. The van der Waals surface area contributed by atoms with E-state index in [9.17, 15) is 21.6 Å². The van der Waals surface area contributed by atoms with Gasteiger partial charge >= 0.3 is 6.18 Å². The van der Waals surface area contributed by atoms with Crippen LogP contribution in [0.3, 0.4) is 0 Å². The fourth-order valence-electron chi connectivity index (χ4n) is 2.41. The summed E-state index contributed by atoms with van der Waals surface area (Å²) in [6.07, 6.45) is -2.25. The van der Waals surface area contributed by atoms with Crippen molar-refractivity contribution >= 4 is 32.6 Å². The Balaban J connectivity index is 2.40. The number of nitrogens with one attached hydrogen (secondary N) is 1. The average molecular weight is 433 g/mol. The van der Waals surface area contributed by atoms with Crippen molar-refractivity contribution in [1.29, 1.82) is 0 Å². The molecule has 118 valence electrons. The normalized spacial score (nSPS) is 21.6. The van der Waals surface area contributed by atoms with Crippen LogP contribution in [0.25, 0.3) is 0 Å². The number of sulfonamides is 1. The smallest absolute Gasteiger partial charge is 0.211 e. The Hall–Kier alpha value is -0.350. The molecule has 8 heteroatoms. The minimum absolute atomic E-state index is 0.118. The summed E-state index contributed by atoms with van der Waals surface area (Å²) in [5.41, 5.74) is -0.469. The summed E-state index contributed by atoms with van der Waals surface area (Å²) in [4.78, 5) is -0.241. The molecular weight excluding hydrogens is 418 g/mol.